The molecule has 0 aliphatic heterocycles. The fraction of sp³-hybridized carbons (Fsp3) is 0.235. The van der Waals surface area contributed by atoms with Gasteiger partial charge in [0.05, 0.1) is 22.9 Å². The van der Waals surface area contributed by atoms with Gasteiger partial charge in [-0.15, -0.1) is 11.3 Å². The zero-order valence-corrected chi connectivity index (χ0v) is 15.0. The Labute approximate surface area is 153 Å². The molecule has 0 aliphatic rings. The topological polar surface area (TPSA) is 71.4 Å². The van der Waals surface area contributed by atoms with Crippen molar-refractivity contribution < 1.29 is 0 Å². The van der Waals surface area contributed by atoms with Crippen molar-refractivity contribution >= 4 is 33.2 Å². The molecule has 128 valence electrons. The number of thiazole rings is 1. The molecule has 0 radical (unpaired) electrons. The summed E-state index contributed by atoms with van der Waals surface area (Å²) in [5, 5.41) is 5.40. The molecule has 0 fully saturated rings. The van der Waals surface area contributed by atoms with Crippen molar-refractivity contribution in [1.82, 2.24) is 29.8 Å². The van der Waals surface area contributed by atoms with Gasteiger partial charge in [-0.05, 0) is 18.2 Å². The molecule has 0 saturated carbocycles. The second-order valence-corrected chi connectivity index (χ2v) is 7.39. The average molecular weight is 373 g/mol. The molecule has 1 aromatic carbocycles. The molecule has 6 nitrogen and oxygen atoms in total. The molecular weight excluding hydrogens is 356 g/mol. The number of imidazole rings is 2. The minimum Gasteiger partial charge on any atom is -0.348 e. The highest BCUT2D eigenvalue weighted by atomic mass is 35.5. The number of benzene rings is 1. The Bertz CT molecular complexity index is 895. The highest BCUT2D eigenvalue weighted by Gasteiger charge is 2.13. The van der Waals surface area contributed by atoms with Crippen LogP contribution in [-0.2, 0) is 19.5 Å². The van der Waals surface area contributed by atoms with Crippen LogP contribution in [-0.4, -0.2) is 30.5 Å². The maximum absolute atomic E-state index is 6.06. The predicted molar refractivity (Wildman–Crippen MR) is 99.8 cm³/mol. The molecule has 8 heteroatoms. The fourth-order valence-electron chi connectivity index (χ4n) is 2.77. The summed E-state index contributed by atoms with van der Waals surface area (Å²) in [4.78, 5) is 16.1. The summed E-state index contributed by atoms with van der Waals surface area (Å²) < 4.78 is 3.19. The zero-order valence-electron chi connectivity index (χ0n) is 13.4. The largest absolute Gasteiger partial charge is 0.348 e. The van der Waals surface area contributed by atoms with Crippen molar-refractivity contribution in [3.63, 3.8) is 0 Å². The van der Waals surface area contributed by atoms with Gasteiger partial charge in [-0.3, -0.25) is 0 Å². The summed E-state index contributed by atoms with van der Waals surface area (Å²) in [5.74, 6) is 0. The van der Waals surface area contributed by atoms with Crippen LogP contribution >= 0.6 is 22.9 Å². The van der Waals surface area contributed by atoms with Crippen LogP contribution < -0.4 is 5.32 Å². The molecule has 0 amide bonds. The highest BCUT2D eigenvalue weighted by Crippen LogP contribution is 2.25. The third kappa shape index (κ3) is 4.07. The zero-order chi connectivity index (χ0) is 17.1. The highest BCUT2D eigenvalue weighted by molar-refractivity contribution is 7.18. The lowest BCUT2D eigenvalue weighted by atomic mass is 10.1. The maximum Gasteiger partial charge on any atom is 0.108 e. The third-order valence-corrected chi connectivity index (χ3v) is 5.20. The third-order valence-electron chi connectivity index (χ3n) is 3.95. The van der Waals surface area contributed by atoms with Crippen LogP contribution in [0.5, 0.6) is 0 Å². The van der Waals surface area contributed by atoms with Gasteiger partial charge in [-0.25, -0.2) is 15.0 Å². The van der Waals surface area contributed by atoms with Crippen LogP contribution in [0, 0.1) is 0 Å². The molecular formula is C17H17ClN6S. The van der Waals surface area contributed by atoms with Gasteiger partial charge in [-0.1, -0.05) is 11.6 Å². The first-order valence-corrected chi connectivity index (χ1v) is 9.17. The van der Waals surface area contributed by atoms with E-state index in [1.165, 1.54) is 0 Å². The van der Waals surface area contributed by atoms with E-state index >= 15 is 0 Å². The number of H-pyrrole nitrogens is 1. The van der Waals surface area contributed by atoms with Crippen molar-refractivity contribution in [1.29, 1.82) is 0 Å². The minimum absolute atomic E-state index is 0.241. The molecule has 1 atom stereocenters. The van der Waals surface area contributed by atoms with E-state index in [2.05, 4.69) is 29.8 Å². The Kier molecular flexibility index (Phi) is 4.78. The Balaban J connectivity index is 1.46. The summed E-state index contributed by atoms with van der Waals surface area (Å²) in [6.07, 6.45) is 10.0. The molecule has 25 heavy (non-hydrogen) atoms. The van der Waals surface area contributed by atoms with E-state index in [1.807, 2.05) is 36.9 Å². The van der Waals surface area contributed by atoms with Gasteiger partial charge in [0.15, 0.2) is 0 Å². The molecule has 0 saturated heterocycles. The number of aromatic nitrogens is 5. The number of rotatable bonds is 7. The average Bonchev–Trinajstić information content (AvgIpc) is 3.34. The lowest BCUT2D eigenvalue weighted by molar-refractivity contribution is 0.440. The Morgan fingerprint density at radius 1 is 1.32 bits per heavy atom. The molecule has 3 aromatic heterocycles. The number of nitrogens with one attached hydrogen (secondary N) is 2. The maximum atomic E-state index is 6.06. The van der Waals surface area contributed by atoms with E-state index in [0.717, 1.165) is 38.9 Å². The number of hydrogen-bond acceptors (Lipinski definition) is 5. The lowest BCUT2D eigenvalue weighted by Gasteiger charge is -2.18. The van der Waals surface area contributed by atoms with Crippen molar-refractivity contribution in [3.8, 4) is 0 Å². The van der Waals surface area contributed by atoms with Crippen molar-refractivity contribution in [3.05, 3.63) is 65.2 Å². The predicted octanol–water partition coefficient (Wildman–Crippen LogP) is 3.27. The lowest BCUT2D eigenvalue weighted by Crippen LogP contribution is -2.34. The van der Waals surface area contributed by atoms with Crippen molar-refractivity contribution in [2.75, 3.05) is 0 Å². The van der Waals surface area contributed by atoms with Crippen LogP contribution in [0.25, 0.3) is 10.2 Å². The molecule has 0 spiro atoms. The van der Waals surface area contributed by atoms with Gasteiger partial charge in [0, 0.05) is 54.9 Å². The van der Waals surface area contributed by atoms with E-state index in [1.54, 1.807) is 23.9 Å². The van der Waals surface area contributed by atoms with Crippen LogP contribution in [0.15, 0.2) is 49.4 Å². The van der Waals surface area contributed by atoms with Gasteiger partial charge < -0.3 is 14.9 Å². The van der Waals surface area contributed by atoms with Gasteiger partial charge in [0.1, 0.15) is 5.01 Å². The van der Waals surface area contributed by atoms with E-state index < -0.39 is 0 Å². The standard InChI is InChI=1S/C17H17ClN6S/c18-12-1-2-15-16(5-12)25-17(23-15)8-21-14(6-13-7-20-10-22-13)9-24-4-3-19-11-24/h1-5,7,10-11,14,21H,6,8-9H2,(H,20,22). The number of aromatic amines is 1. The van der Waals surface area contributed by atoms with Crippen LogP contribution in [0.2, 0.25) is 5.02 Å². The molecule has 1 unspecified atom stereocenters. The van der Waals surface area contributed by atoms with Crippen molar-refractivity contribution in [2.24, 2.45) is 0 Å². The summed E-state index contributed by atoms with van der Waals surface area (Å²) >= 11 is 7.73. The summed E-state index contributed by atoms with van der Waals surface area (Å²) in [6, 6.07) is 6.04. The Morgan fingerprint density at radius 2 is 2.28 bits per heavy atom. The molecule has 4 rings (SSSR count). The van der Waals surface area contributed by atoms with Gasteiger partial charge in [0.25, 0.3) is 0 Å². The van der Waals surface area contributed by atoms with Gasteiger partial charge >= 0.3 is 0 Å². The molecule has 2 N–H and O–H groups in total. The quantitative estimate of drug-likeness (QED) is 0.522. The Morgan fingerprint density at radius 3 is 3.08 bits per heavy atom. The fourth-order valence-corrected chi connectivity index (χ4v) is 3.96. The number of halogens is 1. The first-order chi connectivity index (χ1) is 12.3. The van der Waals surface area contributed by atoms with Crippen LogP contribution in [0.3, 0.4) is 0 Å². The molecule has 4 aromatic rings. The first-order valence-electron chi connectivity index (χ1n) is 7.97. The molecule has 0 bridgehead atoms. The van der Waals surface area contributed by atoms with E-state index in [9.17, 15) is 0 Å². The SMILES string of the molecule is Clc1ccc2nc(CNC(Cc3cnc[nH]3)Cn3ccnc3)sc2c1. The summed E-state index contributed by atoms with van der Waals surface area (Å²) in [7, 11) is 0. The number of hydrogen-bond donors (Lipinski definition) is 2. The van der Waals surface area contributed by atoms with Gasteiger partial charge in [0.2, 0.25) is 0 Å². The Hall–Kier alpha value is -2.22. The second-order valence-electron chi connectivity index (χ2n) is 5.84. The van der Waals surface area contributed by atoms with E-state index in [-0.39, 0.29) is 6.04 Å². The van der Waals surface area contributed by atoms with Crippen LogP contribution in [0.1, 0.15) is 10.7 Å². The van der Waals surface area contributed by atoms with Crippen LogP contribution in [0.4, 0.5) is 0 Å². The normalized spacial score (nSPS) is 12.7. The second kappa shape index (κ2) is 7.35. The first kappa shape index (κ1) is 16.3. The number of fused-ring (bicyclic) bond motifs is 1. The van der Waals surface area contributed by atoms with E-state index in [4.69, 9.17) is 11.6 Å². The van der Waals surface area contributed by atoms with E-state index in [0.29, 0.717) is 6.54 Å². The van der Waals surface area contributed by atoms with Crippen molar-refractivity contribution in [2.45, 2.75) is 25.6 Å². The van der Waals surface area contributed by atoms with Gasteiger partial charge in [-0.2, -0.15) is 0 Å². The number of nitrogens with zero attached hydrogens (tertiary/aromatic N) is 4. The summed E-state index contributed by atoms with van der Waals surface area (Å²) in [5.41, 5.74) is 2.10. The molecule has 3 heterocycles. The molecule has 0 aliphatic carbocycles. The smallest absolute Gasteiger partial charge is 0.108 e. The summed E-state index contributed by atoms with van der Waals surface area (Å²) in [6.45, 7) is 1.54. The monoisotopic (exact) mass is 372 g/mol. The minimum atomic E-state index is 0.241.